The fourth-order valence-electron chi connectivity index (χ4n) is 2.31. The van der Waals surface area contributed by atoms with Crippen LogP contribution in [0.4, 0.5) is 0 Å². The smallest absolute Gasteiger partial charge is 0.150 e. The third-order valence-electron chi connectivity index (χ3n) is 3.32. The number of aliphatic hydroxyl groups excluding tert-OH is 1. The maximum atomic E-state index is 10.5. The zero-order chi connectivity index (χ0) is 14.7. The van der Waals surface area contributed by atoms with Gasteiger partial charge in [0.05, 0.1) is 18.5 Å². The molecule has 21 heavy (non-hydrogen) atoms. The van der Waals surface area contributed by atoms with E-state index in [2.05, 4.69) is 4.98 Å². The molecule has 0 bridgehead atoms. The van der Waals surface area contributed by atoms with Gasteiger partial charge in [-0.3, -0.25) is 0 Å². The first-order valence-corrected chi connectivity index (χ1v) is 7.53. The van der Waals surface area contributed by atoms with Crippen molar-refractivity contribution in [3.63, 3.8) is 0 Å². The van der Waals surface area contributed by atoms with Gasteiger partial charge in [0.2, 0.25) is 0 Å². The molecule has 108 valence electrons. The summed E-state index contributed by atoms with van der Waals surface area (Å²) < 4.78 is 7.27. The SMILES string of the molecule is COc1ccccc1C(O)Cn1ccnc1-c1cccs1. The van der Waals surface area contributed by atoms with E-state index in [-0.39, 0.29) is 0 Å². The Morgan fingerprint density at radius 2 is 2.14 bits per heavy atom. The summed E-state index contributed by atoms with van der Waals surface area (Å²) in [5.74, 6) is 1.57. The molecule has 2 heterocycles. The Labute approximate surface area is 127 Å². The molecule has 0 saturated heterocycles. The van der Waals surface area contributed by atoms with Gasteiger partial charge in [0.15, 0.2) is 0 Å². The fourth-order valence-corrected chi connectivity index (χ4v) is 3.05. The summed E-state index contributed by atoms with van der Waals surface area (Å²) in [5, 5.41) is 12.5. The van der Waals surface area contributed by atoms with E-state index < -0.39 is 6.10 Å². The van der Waals surface area contributed by atoms with Crippen molar-refractivity contribution in [3.8, 4) is 16.5 Å². The predicted octanol–water partition coefficient (Wildman–Crippen LogP) is 3.35. The van der Waals surface area contributed by atoms with Crippen LogP contribution in [-0.4, -0.2) is 21.8 Å². The van der Waals surface area contributed by atoms with Gasteiger partial charge < -0.3 is 14.4 Å². The average molecular weight is 300 g/mol. The summed E-state index contributed by atoms with van der Waals surface area (Å²) in [7, 11) is 1.61. The number of methoxy groups -OCH3 is 1. The molecule has 0 aliphatic carbocycles. The number of nitrogens with zero attached hydrogens (tertiary/aromatic N) is 2. The fraction of sp³-hybridized carbons (Fsp3) is 0.188. The summed E-state index contributed by atoms with van der Waals surface area (Å²) >= 11 is 1.64. The topological polar surface area (TPSA) is 47.3 Å². The normalized spacial score (nSPS) is 12.3. The summed E-state index contributed by atoms with van der Waals surface area (Å²) in [6.45, 7) is 0.438. The van der Waals surface area contributed by atoms with Crippen LogP contribution in [-0.2, 0) is 6.54 Å². The van der Waals surface area contributed by atoms with Gasteiger partial charge in [0, 0.05) is 18.0 Å². The van der Waals surface area contributed by atoms with E-state index in [0.717, 1.165) is 16.3 Å². The van der Waals surface area contributed by atoms with Crippen LogP contribution >= 0.6 is 11.3 Å². The van der Waals surface area contributed by atoms with Crippen molar-refractivity contribution in [2.75, 3.05) is 7.11 Å². The second-order valence-electron chi connectivity index (χ2n) is 4.64. The van der Waals surface area contributed by atoms with Crippen LogP contribution in [0.3, 0.4) is 0 Å². The van der Waals surface area contributed by atoms with Crippen LogP contribution in [0.1, 0.15) is 11.7 Å². The van der Waals surface area contributed by atoms with Crippen LogP contribution in [0, 0.1) is 0 Å². The van der Waals surface area contributed by atoms with E-state index in [1.54, 1.807) is 24.6 Å². The molecule has 1 aromatic carbocycles. The van der Waals surface area contributed by atoms with Crippen molar-refractivity contribution < 1.29 is 9.84 Å². The Morgan fingerprint density at radius 1 is 1.29 bits per heavy atom. The number of aliphatic hydroxyl groups is 1. The maximum Gasteiger partial charge on any atom is 0.150 e. The van der Waals surface area contributed by atoms with Crippen molar-refractivity contribution in [1.82, 2.24) is 9.55 Å². The Morgan fingerprint density at radius 3 is 2.90 bits per heavy atom. The molecule has 0 spiro atoms. The monoisotopic (exact) mass is 300 g/mol. The number of para-hydroxylation sites is 1. The van der Waals surface area contributed by atoms with Gasteiger partial charge in [-0.05, 0) is 17.5 Å². The van der Waals surface area contributed by atoms with Crippen LogP contribution in [0.5, 0.6) is 5.75 Å². The average Bonchev–Trinajstić information content (AvgIpc) is 3.17. The zero-order valence-corrected chi connectivity index (χ0v) is 12.5. The zero-order valence-electron chi connectivity index (χ0n) is 11.6. The van der Waals surface area contributed by atoms with Gasteiger partial charge >= 0.3 is 0 Å². The van der Waals surface area contributed by atoms with E-state index >= 15 is 0 Å². The second-order valence-corrected chi connectivity index (χ2v) is 5.59. The number of benzene rings is 1. The summed E-state index contributed by atoms with van der Waals surface area (Å²) in [6, 6.07) is 11.5. The number of aromatic nitrogens is 2. The van der Waals surface area contributed by atoms with Crippen molar-refractivity contribution in [1.29, 1.82) is 0 Å². The highest BCUT2D eigenvalue weighted by atomic mass is 32.1. The van der Waals surface area contributed by atoms with E-state index in [9.17, 15) is 5.11 Å². The molecule has 1 N–H and O–H groups in total. The van der Waals surface area contributed by atoms with Gasteiger partial charge in [-0.15, -0.1) is 11.3 Å². The van der Waals surface area contributed by atoms with Crippen molar-refractivity contribution in [2.45, 2.75) is 12.6 Å². The predicted molar refractivity (Wildman–Crippen MR) is 83.5 cm³/mol. The molecule has 0 aliphatic rings. The molecule has 1 unspecified atom stereocenters. The summed E-state index contributed by atoms with van der Waals surface area (Å²) in [5.41, 5.74) is 0.783. The third-order valence-corrected chi connectivity index (χ3v) is 4.19. The lowest BCUT2D eigenvalue weighted by atomic mass is 10.1. The lowest BCUT2D eigenvalue weighted by Crippen LogP contribution is -2.10. The summed E-state index contributed by atoms with van der Waals surface area (Å²) in [6.07, 6.45) is 2.99. The Kier molecular flexibility index (Phi) is 4.03. The highest BCUT2D eigenvalue weighted by molar-refractivity contribution is 7.13. The lowest BCUT2D eigenvalue weighted by Gasteiger charge is -2.16. The Balaban J connectivity index is 1.86. The first-order chi connectivity index (χ1) is 10.3. The molecule has 0 amide bonds. The van der Waals surface area contributed by atoms with Gasteiger partial charge in [-0.1, -0.05) is 24.3 Å². The molecule has 5 heteroatoms. The molecule has 0 aliphatic heterocycles. The Bertz CT molecular complexity index is 707. The minimum Gasteiger partial charge on any atom is -0.496 e. The molecular formula is C16H16N2O2S. The van der Waals surface area contributed by atoms with E-state index in [0.29, 0.717) is 12.3 Å². The van der Waals surface area contributed by atoms with Crippen LogP contribution in [0.2, 0.25) is 0 Å². The highest BCUT2D eigenvalue weighted by Crippen LogP contribution is 2.28. The number of hydrogen-bond acceptors (Lipinski definition) is 4. The number of ether oxygens (including phenoxy) is 1. The molecule has 0 radical (unpaired) electrons. The molecule has 1 atom stereocenters. The van der Waals surface area contributed by atoms with Crippen molar-refractivity contribution in [3.05, 3.63) is 59.7 Å². The summed E-state index contributed by atoms with van der Waals surface area (Å²) in [4.78, 5) is 5.47. The molecule has 2 aromatic heterocycles. The molecule has 3 rings (SSSR count). The van der Waals surface area contributed by atoms with Crippen molar-refractivity contribution in [2.24, 2.45) is 0 Å². The standard InChI is InChI=1S/C16H16N2O2S/c1-20-14-6-3-2-5-12(14)13(19)11-18-9-8-17-16(18)15-7-4-10-21-15/h2-10,13,19H,11H2,1H3. The highest BCUT2D eigenvalue weighted by Gasteiger charge is 2.16. The van der Waals surface area contributed by atoms with E-state index in [1.165, 1.54) is 0 Å². The lowest BCUT2D eigenvalue weighted by molar-refractivity contribution is 0.153. The quantitative estimate of drug-likeness (QED) is 0.786. The van der Waals surface area contributed by atoms with E-state index in [4.69, 9.17) is 4.74 Å². The van der Waals surface area contributed by atoms with Crippen molar-refractivity contribution >= 4 is 11.3 Å². The Hall–Kier alpha value is -2.11. The molecule has 4 nitrogen and oxygen atoms in total. The minimum atomic E-state index is -0.644. The minimum absolute atomic E-state index is 0.438. The van der Waals surface area contributed by atoms with E-state index in [1.807, 2.05) is 52.5 Å². The number of imidazole rings is 1. The molecule has 0 saturated carbocycles. The van der Waals surface area contributed by atoms with Gasteiger partial charge in [-0.25, -0.2) is 4.98 Å². The van der Waals surface area contributed by atoms with Gasteiger partial charge in [0.25, 0.3) is 0 Å². The number of rotatable bonds is 5. The second kappa shape index (κ2) is 6.11. The van der Waals surface area contributed by atoms with Crippen LogP contribution in [0.25, 0.3) is 10.7 Å². The van der Waals surface area contributed by atoms with Crippen LogP contribution < -0.4 is 4.74 Å². The molecule has 3 aromatic rings. The first-order valence-electron chi connectivity index (χ1n) is 6.65. The number of thiophene rings is 1. The third kappa shape index (κ3) is 2.84. The van der Waals surface area contributed by atoms with Crippen LogP contribution in [0.15, 0.2) is 54.2 Å². The van der Waals surface area contributed by atoms with Gasteiger partial charge in [0.1, 0.15) is 17.7 Å². The maximum absolute atomic E-state index is 10.5. The first kappa shape index (κ1) is 13.9. The molecular weight excluding hydrogens is 284 g/mol. The number of hydrogen-bond donors (Lipinski definition) is 1. The molecule has 0 fully saturated rings. The largest absolute Gasteiger partial charge is 0.496 e. The van der Waals surface area contributed by atoms with Gasteiger partial charge in [-0.2, -0.15) is 0 Å².